The molecular weight excluding hydrogens is 402 g/mol. The third-order valence-electron chi connectivity index (χ3n) is 6.05. The molecule has 0 amide bonds. The van der Waals surface area contributed by atoms with Crippen molar-refractivity contribution < 1.29 is 0 Å². The van der Waals surface area contributed by atoms with Crippen LogP contribution in [0, 0.1) is 13.8 Å². The van der Waals surface area contributed by atoms with Crippen LogP contribution in [0.15, 0.2) is 60.9 Å². The fourth-order valence-corrected chi connectivity index (χ4v) is 4.60. The van der Waals surface area contributed by atoms with Crippen molar-refractivity contribution in [1.82, 2.24) is 24.7 Å². The fourth-order valence-electron chi connectivity index (χ4n) is 4.27. The summed E-state index contributed by atoms with van der Waals surface area (Å²) in [5.41, 5.74) is 6.00. The quantitative estimate of drug-likeness (QED) is 0.559. The van der Waals surface area contributed by atoms with Gasteiger partial charge in [0.15, 0.2) is 5.11 Å². The van der Waals surface area contributed by atoms with E-state index in [-0.39, 0.29) is 12.1 Å². The van der Waals surface area contributed by atoms with Gasteiger partial charge in [-0.1, -0.05) is 12.1 Å². The van der Waals surface area contributed by atoms with Crippen LogP contribution in [0.3, 0.4) is 0 Å². The highest BCUT2D eigenvalue weighted by Crippen LogP contribution is 2.39. The lowest BCUT2D eigenvalue weighted by molar-refractivity contribution is 0.286. The van der Waals surface area contributed by atoms with Crippen LogP contribution in [0.4, 0.5) is 0 Å². The fraction of sp³-hybridized carbons (Fsp3) is 0.360. The van der Waals surface area contributed by atoms with E-state index in [4.69, 9.17) is 12.2 Å². The average Bonchev–Trinajstić information content (AvgIpc) is 3.35. The highest BCUT2D eigenvalue weighted by Gasteiger charge is 2.40. The van der Waals surface area contributed by atoms with E-state index >= 15 is 0 Å². The van der Waals surface area contributed by atoms with Gasteiger partial charge in [0.2, 0.25) is 0 Å². The lowest BCUT2D eigenvalue weighted by atomic mass is 10.0. The molecule has 0 bridgehead atoms. The summed E-state index contributed by atoms with van der Waals surface area (Å²) in [6, 6.07) is 17.1. The minimum absolute atomic E-state index is 0.00764. The number of pyridine rings is 1. The van der Waals surface area contributed by atoms with Gasteiger partial charge >= 0.3 is 0 Å². The van der Waals surface area contributed by atoms with Gasteiger partial charge in [0.25, 0.3) is 0 Å². The van der Waals surface area contributed by atoms with Crippen molar-refractivity contribution in [2.24, 2.45) is 0 Å². The molecule has 162 valence electrons. The van der Waals surface area contributed by atoms with E-state index in [1.807, 2.05) is 18.3 Å². The van der Waals surface area contributed by atoms with Gasteiger partial charge < -0.3 is 19.7 Å². The Hall–Kier alpha value is -2.70. The summed E-state index contributed by atoms with van der Waals surface area (Å²) in [6.45, 7) is 6.24. The molecule has 1 aliphatic heterocycles. The van der Waals surface area contributed by atoms with Crippen molar-refractivity contribution >= 4 is 17.3 Å². The van der Waals surface area contributed by atoms with E-state index in [0.29, 0.717) is 0 Å². The van der Waals surface area contributed by atoms with Crippen molar-refractivity contribution in [3.05, 3.63) is 83.4 Å². The number of nitrogens with zero attached hydrogens (tertiary/aromatic N) is 4. The van der Waals surface area contributed by atoms with Crippen LogP contribution in [0.25, 0.3) is 5.69 Å². The highest BCUT2D eigenvalue weighted by molar-refractivity contribution is 7.80. The molecule has 1 aliphatic rings. The third-order valence-corrected chi connectivity index (χ3v) is 6.41. The molecule has 0 aliphatic carbocycles. The summed E-state index contributed by atoms with van der Waals surface area (Å²) in [4.78, 5) is 9.22. The molecule has 3 heterocycles. The molecule has 0 spiro atoms. The monoisotopic (exact) mass is 433 g/mol. The molecule has 3 aromatic rings. The topological polar surface area (TPSA) is 36.3 Å². The molecule has 1 saturated heterocycles. The normalized spacial score (nSPS) is 18.6. The second-order valence-corrected chi connectivity index (χ2v) is 8.94. The first kappa shape index (κ1) is 21.5. The van der Waals surface area contributed by atoms with Gasteiger partial charge in [-0.05, 0) is 101 Å². The molecule has 4 rings (SSSR count). The molecule has 0 saturated carbocycles. The van der Waals surface area contributed by atoms with Gasteiger partial charge in [0.1, 0.15) is 0 Å². The van der Waals surface area contributed by atoms with Crippen LogP contribution in [0.1, 0.15) is 41.0 Å². The van der Waals surface area contributed by atoms with Gasteiger partial charge in [-0.15, -0.1) is 0 Å². The summed E-state index contributed by atoms with van der Waals surface area (Å²) >= 11 is 5.81. The summed E-state index contributed by atoms with van der Waals surface area (Å²) in [5.74, 6) is 0. The van der Waals surface area contributed by atoms with Crippen molar-refractivity contribution in [2.75, 3.05) is 27.2 Å². The Morgan fingerprint density at radius 3 is 2.61 bits per heavy atom. The predicted molar refractivity (Wildman–Crippen MR) is 131 cm³/mol. The first-order valence-electron chi connectivity index (χ1n) is 10.8. The molecule has 2 unspecified atom stereocenters. The zero-order valence-electron chi connectivity index (χ0n) is 18.7. The predicted octanol–water partition coefficient (Wildman–Crippen LogP) is 4.41. The molecule has 1 fully saturated rings. The van der Waals surface area contributed by atoms with Gasteiger partial charge in [-0.3, -0.25) is 4.98 Å². The summed E-state index contributed by atoms with van der Waals surface area (Å²) in [7, 11) is 4.22. The number of thiocarbonyl (C=S) groups is 1. The van der Waals surface area contributed by atoms with E-state index in [0.717, 1.165) is 30.3 Å². The number of benzene rings is 1. The minimum atomic E-state index is 0.00764. The van der Waals surface area contributed by atoms with E-state index in [1.165, 1.54) is 22.5 Å². The van der Waals surface area contributed by atoms with E-state index in [9.17, 15) is 0 Å². The Labute approximate surface area is 190 Å². The second kappa shape index (κ2) is 9.20. The van der Waals surface area contributed by atoms with Crippen LogP contribution in [-0.2, 0) is 0 Å². The number of rotatable bonds is 7. The maximum Gasteiger partial charge on any atom is 0.170 e. The molecule has 6 heteroatoms. The molecular formula is C25H31N5S. The molecule has 2 atom stereocenters. The maximum absolute atomic E-state index is 5.81. The lowest BCUT2D eigenvalue weighted by Gasteiger charge is -2.29. The van der Waals surface area contributed by atoms with Gasteiger partial charge in [-0.25, -0.2) is 0 Å². The number of aromatic nitrogens is 2. The van der Waals surface area contributed by atoms with Crippen molar-refractivity contribution in [2.45, 2.75) is 32.4 Å². The Kier molecular flexibility index (Phi) is 6.39. The van der Waals surface area contributed by atoms with E-state index in [2.05, 4.69) is 95.2 Å². The highest BCUT2D eigenvalue weighted by atomic mass is 32.1. The molecule has 1 aromatic carbocycles. The van der Waals surface area contributed by atoms with Crippen LogP contribution >= 0.6 is 12.2 Å². The number of aryl methyl sites for hydroxylation is 2. The zero-order chi connectivity index (χ0) is 22.0. The Bertz CT molecular complexity index is 1040. The molecule has 5 nitrogen and oxygen atoms in total. The SMILES string of the molecule is Cc1ccc(-n2cccc2C2C(c3ccccn3)NC(=S)N2CCCN(C)C)cc1C. The summed E-state index contributed by atoms with van der Waals surface area (Å²) < 4.78 is 2.29. The largest absolute Gasteiger partial charge is 0.352 e. The van der Waals surface area contributed by atoms with E-state index in [1.54, 1.807) is 0 Å². The first-order valence-corrected chi connectivity index (χ1v) is 11.2. The maximum atomic E-state index is 5.81. The number of hydrogen-bond donors (Lipinski definition) is 1. The number of nitrogens with one attached hydrogen (secondary N) is 1. The van der Waals surface area contributed by atoms with Crippen LogP contribution in [0.5, 0.6) is 0 Å². The minimum Gasteiger partial charge on any atom is -0.352 e. The van der Waals surface area contributed by atoms with Crippen LogP contribution in [-0.4, -0.2) is 51.6 Å². The van der Waals surface area contributed by atoms with Crippen molar-refractivity contribution in [3.8, 4) is 5.69 Å². The first-order chi connectivity index (χ1) is 15.0. The Balaban J connectivity index is 1.74. The third kappa shape index (κ3) is 4.50. The zero-order valence-corrected chi connectivity index (χ0v) is 19.6. The van der Waals surface area contributed by atoms with Crippen molar-refractivity contribution in [3.63, 3.8) is 0 Å². The Morgan fingerprint density at radius 1 is 1.06 bits per heavy atom. The molecule has 2 aromatic heterocycles. The number of hydrogen-bond acceptors (Lipinski definition) is 3. The van der Waals surface area contributed by atoms with Crippen molar-refractivity contribution in [1.29, 1.82) is 0 Å². The Morgan fingerprint density at radius 2 is 1.90 bits per heavy atom. The summed E-state index contributed by atoms with van der Waals surface area (Å²) in [5, 5.41) is 4.36. The van der Waals surface area contributed by atoms with Gasteiger partial charge in [-0.2, -0.15) is 0 Å². The summed E-state index contributed by atoms with van der Waals surface area (Å²) in [6.07, 6.45) is 5.05. The average molecular weight is 434 g/mol. The second-order valence-electron chi connectivity index (χ2n) is 8.55. The molecule has 1 N–H and O–H groups in total. The molecule has 31 heavy (non-hydrogen) atoms. The smallest absolute Gasteiger partial charge is 0.170 e. The lowest BCUT2D eigenvalue weighted by Crippen LogP contribution is -2.33. The van der Waals surface area contributed by atoms with Gasteiger partial charge in [0, 0.05) is 30.3 Å². The van der Waals surface area contributed by atoms with Crippen LogP contribution < -0.4 is 5.32 Å². The standard InChI is InChI=1S/C25H31N5S/c1-18-11-12-20(17-19(18)2)29-15-7-10-22(29)24-23(21-9-5-6-13-26-21)27-25(31)30(24)16-8-14-28(3)4/h5-7,9-13,15,17,23-24H,8,14,16H2,1-4H3,(H,27,31). The van der Waals surface area contributed by atoms with Gasteiger partial charge in [0.05, 0.1) is 17.8 Å². The van der Waals surface area contributed by atoms with E-state index < -0.39 is 0 Å². The molecule has 0 radical (unpaired) electrons. The van der Waals surface area contributed by atoms with Crippen LogP contribution in [0.2, 0.25) is 0 Å².